The van der Waals surface area contributed by atoms with Gasteiger partial charge in [-0.2, -0.15) is 0 Å². The number of rotatable bonds is 7. The van der Waals surface area contributed by atoms with Gasteiger partial charge in [-0.25, -0.2) is 4.79 Å². The van der Waals surface area contributed by atoms with E-state index in [0.29, 0.717) is 11.3 Å². The summed E-state index contributed by atoms with van der Waals surface area (Å²) in [4.78, 5) is 35.3. The van der Waals surface area contributed by atoms with Crippen LogP contribution in [0.1, 0.15) is 46.5 Å². The molecule has 0 fully saturated rings. The van der Waals surface area contributed by atoms with E-state index >= 15 is 0 Å². The maximum absolute atomic E-state index is 12.1. The van der Waals surface area contributed by atoms with Crippen molar-refractivity contribution in [2.24, 2.45) is 0 Å². The summed E-state index contributed by atoms with van der Waals surface area (Å²) in [7, 11) is 0. The van der Waals surface area contributed by atoms with Gasteiger partial charge in [-0.05, 0) is 30.2 Å². The molecule has 0 aliphatic heterocycles. The van der Waals surface area contributed by atoms with E-state index in [0.717, 1.165) is 12.8 Å². The largest absolute Gasteiger partial charge is 0.454 e. The first kappa shape index (κ1) is 18.4. The molecule has 0 bridgehead atoms. The van der Waals surface area contributed by atoms with Gasteiger partial charge in [-0.1, -0.05) is 43.7 Å². The topological polar surface area (TPSA) is 72.5 Å². The number of esters is 1. The Morgan fingerprint density at radius 2 is 1.72 bits per heavy atom. The van der Waals surface area contributed by atoms with Crippen molar-refractivity contribution in [3.63, 3.8) is 0 Å². The normalized spacial score (nSPS) is 10.2. The van der Waals surface area contributed by atoms with Gasteiger partial charge in [0.25, 0.3) is 0 Å². The molecule has 2 aromatic rings. The molecular weight excluding hydrogens is 318 g/mol. The monoisotopic (exact) mass is 339 g/mol. The van der Waals surface area contributed by atoms with Crippen LogP contribution in [0.15, 0.2) is 48.5 Å². The number of aryl methyl sites for hydroxylation is 1. The Kier molecular flexibility index (Phi) is 6.46. The van der Waals surface area contributed by atoms with Crippen LogP contribution in [0.5, 0.6) is 0 Å². The fraction of sp³-hybridized carbons (Fsp3) is 0.250. The third-order valence-corrected chi connectivity index (χ3v) is 3.57. The number of anilines is 1. The highest BCUT2D eigenvalue weighted by Gasteiger charge is 2.12. The van der Waals surface area contributed by atoms with E-state index in [1.807, 2.05) is 12.1 Å². The van der Waals surface area contributed by atoms with Crippen molar-refractivity contribution < 1.29 is 19.1 Å². The number of nitrogens with one attached hydrogen (secondary N) is 1. The highest BCUT2D eigenvalue weighted by molar-refractivity contribution is 5.99. The van der Waals surface area contributed by atoms with E-state index in [4.69, 9.17) is 4.74 Å². The van der Waals surface area contributed by atoms with Gasteiger partial charge in [0.1, 0.15) is 0 Å². The molecule has 0 unspecified atom stereocenters. The average Bonchev–Trinajstić information content (AvgIpc) is 2.60. The minimum Gasteiger partial charge on any atom is -0.454 e. The SMILES string of the molecule is CCCc1ccc(C(=O)COC(=O)c2cccc(NC(C)=O)c2)cc1. The summed E-state index contributed by atoms with van der Waals surface area (Å²) in [5, 5.41) is 2.59. The summed E-state index contributed by atoms with van der Waals surface area (Å²) in [5.41, 5.74) is 2.46. The minimum absolute atomic E-state index is 0.229. The van der Waals surface area contributed by atoms with Gasteiger partial charge < -0.3 is 10.1 Å². The quantitative estimate of drug-likeness (QED) is 0.617. The van der Waals surface area contributed by atoms with Crippen LogP contribution in [0.2, 0.25) is 0 Å². The smallest absolute Gasteiger partial charge is 0.338 e. The predicted octanol–water partition coefficient (Wildman–Crippen LogP) is 3.64. The van der Waals surface area contributed by atoms with Gasteiger partial charge in [0.15, 0.2) is 12.4 Å². The van der Waals surface area contributed by atoms with Crippen molar-refractivity contribution in [1.82, 2.24) is 0 Å². The molecule has 0 aliphatic carbocycles. The lowest BCUT2D eigenvalue weighted by Crippen LogP contribution is -2.14. The van der Waals surface area contributed by atoms with Crippen LogP contribution in [0.3, 0.4) is 0 Å². The Morgan fingerprint density at radius 3 is 2.36 bits per heavy atom. The lowest BCUT2D eigenvalue weighted by atomic mass is 10.1. The second-order valence-corrected chi connectivity index (χ2v) is 5.71. The van der Waals surface area contributed by atoms with E-state index in [-0.39, 0.29) is 23.9 Å². The van der Waals surface area contributed by atoms with Gasteiger partial charge in [0.2, 0.25) is 5.91 Å². The Morgan fingerprint density at radius 1 is 1.00 bits per heavy atom. The lowest BCUT2D eigenvalue weighted by Gasteiger charge is -2.07. The maximum Gasteiger partial charge on any atom is 0.338 e. The van der Waals surface area contributed by atoms with Crippen LogP contribution < -0.4 is 5.32 Å². The van der Waals surface area contributed by atoms with Crippen LogP contribution in [0.4, 0.5) is 5.69 Å². The number of carbonyl (C=O) groups is 3. The summed E-state index contributed by atoms with van der Waals surface area (Å²) in [6.45, 7) is 3.16. The first-order chi connectivity index (χ1) is 12.0. The highest BCUT2D eigenvalue weighted by Crippen LogP contribution is 2.12. The van der Waals surface area contributed by atoms with Crippen LogP contribution in [0, 0.1) is 0 Å². The number of hydrogen-bond acceptors (Lipinski definition) is 4. The molecule has 0 aliphatic rings. The summed E-state index contributed by atoms with van der Waals surface area (Å²) in [5.74, 6) is -1.09. The third-order valence-electron chi connectivity index (χ3n) is 3.57. The Labute approximate surface area is 147 Å². The number of benzene rings is 2. The molecule has 130 valence electrons. The summed E-state index contributed by atoms with van der Waals surface area (Å²) < 4.78 is 5.08. The zero-order valence-electron chi connectivity index (χ0n) is 14.4. The van der Waals surface area contributed by atoms with Crippen molar-refractivity contribution in [1.29, 1.82) is 0 Å². The van der Waals surface area contributed by atoms with Gasteiger partial charge in [0, 0.05) is 18.2 Å². The number of ketones is 1. The Balaban J connectivity index is 1.94. The standard InChI is InChI=1S/C20H21NO4/c1-3-5-15-8-10-16(11-9-15)19(23)13-25-20(24)17-6-4-7-18(12-17)21-14(2)22/h4,6-12H,3,5,13H2,1-2H3,(H,21,22). The average molecular weight is 339 g/mol. The molecule has 1 N–H and O–H groups in total. The van der Waals surface area contributed by atoms with Gasteiger partial charge in [-0.15, -0.1) is 0 Å². The van der Waals surface area contributed by atoms with Crippen LogP contribution in [-0.4, -0.2) is 24.3 Å². The van der Waals surface area contributed by atoms with Crippen LogP contribution >= 0.6 is 0 Å². The molecule has 5 heteroatoms. The molecule has 5 nitrogen and oxygen atoms in total. The molecule has 0 saturated carbocycles. The Hall–Kier alpha value is -2.95. The second kappa shape index (κ2) is 8.78. The minimum atomic E-state index is -0.608. The summed E-state index contributed by atoms with van der Waals surface area (Å²) >= 11 is 0. The van der Waals surface area contributed by atoms with Gasteiger partial charge >= 0.3 is 5.97 Å². The van der Waals surface area contributed by atoms with E-state index < -0.39 is 5.97 Å². The molecule has 1 amide bonds. The third kappa shape index (κ3) is 5.57. The zero-order chi connectivity index (χ0) is 18.2. The molecule has 0 saturated heterocycles. The van der Waals surface area contributed by atoms with Crippen LogP contribution in [-0.2, 0) is 16.0 Å². The van der Waals surface area contributed by atoms with Crippen molar-refractivity contribution in [3.05, 3.63) is 65.2 Å². The fourth-order valence-electron chi connectivity index (χ4n) is 2.37. The zero-order valence-corrected chi connectivity index (χ0v) is 14.4. The van der Waals surface area contributed by atoms with Gasteiger partial charge in [-0.3, -0.25) is 9.59 Å². The first-order valence-corrected chi connectivity index (χ1v) is 8.16. The predicted molar refractivity (Wildman–Crippen MR) is 95.8 cm³/mol. The fourth-order valence-corrected chi connectivity index (χ4v) is 2.37. The van der Waals surface area contributed by atoms with Crippen molar-refractivity contribution in [2.45, 2.75) is 26.7 Å². The van der Waals surface area contributed by atoms with E-state index in [1.165, 1.54) is 18.6 Å². The van der Waals surface area contributed by atoms with Gasteiger partial charge in [0.05, 0.1) is 5.56 Å². The van der Waals surface area contributed by atoms with E-state index in [1.54, 1.807) is 30.3 Å². The van der Waals surface area contributed by atoms with E-state index in [2.05, 4.69) is 12.2 Å². The molecule has 25 heavy (non-hydrogen) atoms. The van der Waals surface area contributed by atoms with Crippen molar-refractivity contribution in [3.8, 4) is 0 Å². The van der Waals surface area contributed by atoms with Crippen molar-refractivity contribution >= 4 is 23.3 Å². The molecule has 0 atom stereocenters. The molecule has 0 spiro atoms. The molecule has 2 rings (SSSR count). The molecule has 0 heterocycles. The lowest BCUT2D eigenvalue weighted by molar-refractivity contribution is -0.114. The summed E-state index contributed by atoms with van der Waals surface area (Å²) in [6, 6.07) is 13.7. The maximum atomic E-state index is 12.1. The number of amides is 1. The number of Topliss-reactive ketones (excluding diaryl/α,β-unsaturated/α-hetero) is 1. The number of carbonyl (C=O) groups excluding carboxylic acids is 3. The Bertz CT molecular complexity index is 766. The second-order valence-electron chi connectivity index (χ2n) is 5.71. The molecule has 0 radical (unpaired) electrons. The highest BCUT2D eigenvalue weighted by atomic mass is 16.5. The number of ether oxygens (including phenoxy) is 1. The first-order valence-electron chi connectivity index (χ1n) is 8.16. The molecular formula is C20H21NO4. The molecule has 0 aromatic heterocycles. The van der Waals surface area contributed by atoms with Crippen LogP contribution in [0.25, 0.3) is 0 Å². The van der Waals surface area contributed by atoms with Crippen molar-refractivity contribution in [2.75, 3.05) is 11.9 Å². The van der Waals surface area contributed by atoms with E-state index in [9.17, 15) is 14.4 Å². The number of hydrogen-bond donors (Lipinski definition) is 1. The molecule has 2 aromatic carbocycles. The summed E-state index contributed by atoms with van der Waals surface area (Å²) in [6.07, 6.45) is 2.01.